The number of nitrogens with one attached hydrogen (secondary N) is 1. The molecule has 2 fully saturated rings. The van der Waals surface area contributed by atoms with Gasteiger partial charge in [0.25, 0.3) is 0 Å². The van der Waals surface area contributed by atoms with Gasteiger partial charge in [0.05, 0.1) is 0 Å². The Bertz CT molecular complexity index is 280. The third-order valence-corrected chi connectivity index (χ3v) is 5.05. The van der Waals surface area contributed by atoms with Crippen LogP contribution in [0.5, 0.6) is 0 Å². The average Bonchev–Trinajstić information content (AvgIpc) is 2.49. The SMILES string of the molecule is CCC1CN(C2CC(C)(C)CC(C)(C)C2)CCCN1. The van der Waals surface area contributed by atoms with E-state index in [0.29, 0.717) is 16.9 Å². The lowest BCUT2D eigenvalue weighted by molar-refractivity contribution is 0.0235. The van der Waals surface area contributed by atoms with Crippen LogP contribution in [-0.4, -0.2) is 36.6 Å². The van der Waals surface area contributed by atoms with E-state index < -0.39 is 0 Å². The van der Waals surface area contributed by atoms with Crippen molar-refractivity contribution >= 4 is 0 Å². The second kappa shape index (κ2) is 5.73. The molecule has 1 heterocycles. The normalized spacial score (nSPS) is 33.0. The predicted octanol–water partition coefficient (Wildman–Crippen LogP) is 3.67. The summed E-state index contributed by atoms with van der Waals surface area (Å²) in [6, 6.07) is 1.50. The first-order valence-corrected chi connectivity index (χ1v) is 8.29. The maximum absolute atomic E-state index is 3.70. The topological polar surface area (TPSA) is 15.3 Å². The highest BCUT2D eigenvalue weighted by molar-refractivity contribution is 4.94. The summed E-state index contributed by atoms with van der Waals surface area (Å²) in [6.07, 6.45) is 6.71. The van der Waals surface area contributed by atoms with Gasteiger partial charge in [0.15, 0.2) is 0 Å². The molecular formula is C17H34N2. The van der Waals surface area contributed by atoms with Crippen molar-refractivity contribution in [2.75, 3.05) is 19.6 Å². The molecule has 0 aromatic carbocycles. The summed E-state index contributed by atoms with van der Waals surface area (Å²) in [5, 5.41) is 3.70. The van der Waals surface area contributed by atoms with Gasteiger partial charge in [0, 0.05) is 18.6 Å². The standard InChI is InChI=1S/C17H34N2/c1-6-14-12-19(9-7-8-18-14)15-10-16(2,3)13-17(4,5)11-15/h14-15,18H,6-13H2,1-5H3. The molecule has 112 valence electrons. The molecule has 1 aliphatic carbocycles. The van der Waals surface area contributed by atoms with Crippen molar-refractivity contribution in [2.24, 2.45) is 10.8 Å². The van der Waals surface area contributed by atoms with Gasteiger partial charge in [-0.15, -0.1) is 0 Å². The Hall–Kier alpha value is -0.0800. The fourth-order valence-electron chi connectivity index (χ4n) is 4.68. The molecule has 0 radical (unpaired) electrons. The van der Waals surface area contributed by atoms with Gasteiger partial charge >= 0.3 is 0 Å². The zero-order valence-corrected chi connectivity index (χ0v) is 13.8. The molecule has 2 heteroatoms. The van der Waals surface area contributed by atoms with Crippen LogP contribution in [0.25, 0.3) is 0 Å². The van der Waals surface area contributed by atoms with E-state index in [1.165, 1.54) is 51.7 Å². The molecule has 0 spiro atoms. The number of nitrogens with zero attached hydrogens (tertiary/aromatic N) is 1. The van der Waals surface area contributed by atoms with Gasteiger partial charge < -0.3 is 5.32 Å². The molecule has 0 amide bonds. The molecule has 1 saturated carbocycles. The van der Waals surface area contributed by atoms with Crippen LogP contribution < -0.4 is 5.32 Å². The molecule has 1 atom stereocenters. The first kappa shape index (κ1) is 15.3. The van der Waals surface area contributed by atoms with E-state index in [9.17, 15) is 0 Å². The Balaban J connectivity index is 2.06. The van der Waals surface area contributed by atoms with E-state index >= 15 is 0 Å². The van der Waals surface area contributed by atoms with Gasteiger partial charge in [-0.1, -0.05) is 34.6 Å². The predicted molar refractivity (Wildman–Crippen MR) is 83.5 cm³/mol. The van der Waals surface area contributed by atoms with Gasteiger partial charge in [0.1, 0.15) is 0 Å². The zero-order chi connectivity index (χ0) is 14.1. The van der Waals surface area contributed by atoms with Gasteiger partial charge in [-0.3, -0.25) is 4.90 Å². The fourth-order valence-corrected chi connectivity index (χ4v) is 4.68. The first-order valence-electron chi connectivity index (χ1n) is 8.29. The lowest BCUT2D eigenvalue weighted by Gasteiger charge is -2.48. The van der Waals surface area contributed by atoms with Crippen LogP contribution in [0.2, 0.25) is 0 Å². The minimum absolute atomic E-state index is 0.508. The summed E-state index contributed by atoms with van der Waals surface area (Å²) in [4.78, 5) is 2.80. The first-order chi connectivity index (χ1) is 8.81. The third kappa shape index (κ3) is 4.19. The van der Waals surface area contributed by atoms with Crippen LogP contribution in [0.15, 0.2) is 0 Å². The highest BCUT2D eigenvalue weighted by Crippen LogP contribution is 2.47. The molecule has 0 aromatic heterocycles. The third-order valence-electron chi connectivity index (χ3n) is 5.05. The van der Waals surface area contributed by atoms with Crippen LogP contribution in [0.1, 0.15) is 66.7 Å². The van der Waals surface area contributed by atoms with Crippen LogP contribution in [-0.2, 0) is 0 Å². The van der Waals surface area contributed by atoms with Crippen molar-refractivity contribution in [3.63, 3.8) is 0 Å². The smallest absolute Gasteiger partial charge is 0.0192 e. The van der Waals surface area contributed by atoms with E-state index in [0.717, 1.165) is 6.04 Å². The van der Waals surface area contributed by atoms with Crippen LogP contribution in [0.3, 0.4) is 0 Å². The molecule has 19 heavy (non-hydrogen) atoms. The van der Waals surface area contributed by atoms with E-state index in [-0.39, 0.29) is 0 Å². The van der Waals surface area contributed by atoms with Crippen LogP contribution in [0.4, 0.5) is 0 Å². The monoisotopic (exact) mass is 266 g/mol. The van der Waals surface area contributed by atoms with E-state index in [1.807, 2.05) is 0 Å². The molecule has 1 aliphatic heterocycles. The summed E-state index contributed by atoms with van der Waals surface area (Å²) in [5.41, 5.74) is 1.02. The number of hydrogen-bond acceptors (Lipinski definition) is 2. The molecule has 1 saturated heterocycles. The second-order valence-electron chi connectivity index (χ2n) is 8.48. The zero-order valence-electron chi connectivity index (χ0n) is 13.8. The molecule has 2 aliphatic rings. The largest absolute Gasteiger partial charge is 0.313 e. The minimum atomic E-state index is 0.508. The van der Waals surface area contributed by atoms with Crippen LogP contribution >= 0.6 is 0 Å². The highest BCUT2D eigenvalue weighted by Gasteiger charge is 2.40. The maximum Gasteiger partial charge on any atom is 0.0192 e. The van der Waals surface area contributed by atoms with Crippen molar-refractivity contribution in [3.05, 3.63) is 0 Å². The van der Waals surface area contributed by atoms with Crippen molar-refractivity contribution < 1.29 is 0 Å². The molecule has 1 N–H and O–H groups in total. The molecule has 0 bridgehead atoms. The van der Waals surface area contributed by atoms with Gasteiger partial charge in [-0.2, -0.15) is 0 Å². The summed E-state index contributed by atoms with van der Waals surface area (Å²) >= 11 is 0. The Morgan fingerprint density at radius 3 is 2.32 bits per heavy atom. The number of hydrogen-bond donors (Lipinski definition) is 1. The fraction of sp³-hybridized carbons (Fsp3) is 1.00. The summed E-state index contributed by atoms with van der Waals surface area (Å²) in [5.74, 6) is 0. The Morgan fingerprint density at radius 1 is 1.11 bits per heavy atom. The molecule has 2 nitrogen and oxygen atoms in total. The van der Waals surface area contributed by atoms with Crippen molar-refractivity contribution in [2.45, 2.75) is 78.8 Å². The molecule has 2 rings (SSSR count). The summed E-state index contributed by atoms with van der Waals surface area (Å²) in [7, 11) is 0. The lowest BCUT2D eigenvalue weighted by Crippen LogP contribution is -2.49. The maximum atomic E-state index is 3.70. The van der Waals surface area contributed by atoms with E-state index in [2.05, 4.69) is 44.8 Å². The lowest BCUT2D eigenvalue weighted by atomic mass is 9.63. The molecule has 1 unspecified atom stereocenters. The van der Waals surface area contributed by atoms with Gasteiger partial charge in [0.2, 0.25) is 0 Å². The van der Waals surface area contributed by atoms with Gasteiger partial charge in [-0.25, -0.2) is 0 Å². The van der Waals surface area contributed by atoms with E-state index in [4.69, 9.17) is 0 Å². The average molecular weight is 266 g/mol. The van der Waals surface area contributed by atoms with Crippen molar-refractivity contribution in [1.82, 2.24) is 10.2 Å². The highest BCUT2D eigenvalue weighted by atomic mass is 15.2. The second-order valence-corrected chi connectivity index (χ2v) is 8.48. The van der Waals surface area contributed by atoms with Gasteiger partial charge in [-0.05, 0) is 56.0 Å². The quantitative estimate of drug-likeness (QED) is 0.820. The Labute approximate surface area is 120 Å². The Kier molecular flexibility index (Phi) is 4.62. The summed E-state index contributed by atoms with van der Waals surface area (Å²) in [6.45, 7) is 15.9. The van der Waals surface area contributed by atoms with E-state index in [1.54, 1.807) is 0 Å². The minimum Gasteiger partial charge on any atom is -0.313 e. The summed E-state index contributed by atoms with van der Waals surface area (Å²) < 4.78 is 0. The van der Waals surface area contributed by atoms with Crippen molar-refractivity contribution in [3.8, 4) is 0 Å². The molecule has 0 aromatic rings. The number of rotatable bonds is 2. The van der Waals surface area contributed by atoms with Crippen LogP contribution in [0, 0.1) is 10.8 Å². The Morgan fingerprint density at radius 2 is 1.74 bits per heavy atom. The molecular weight excluding hydrogens is 232 g/mol. The van der Waals surface area contributed by atoms with Crippen molar-refractivity contribution in [1.29, 1.82) is 0 Å².